The first-order chi connectivity index (χ1) is 14.5. The van der Waals surface area contributed by atoms with Gasteiger partial charge in [0.15, 0.2) is 11.3 Å². The Kier molecular flexibility index (Phi) is 4.34. The third kappa shape index (κ3) is 3.04. The number of carbonyl (C=O) groups is 1. The normalized spacial score (nSPS) is 15.5. The number of carbonyl (C=O) groups excluding carboxylic acids is 1. The van der Waals surface area contributed by atoms with Gasteiger partial charge < -0.3 is 9.84 Å². The zero-order valence-corrected chi connectivity index (χ0v) is 17.1. The predicted molar refractivity (Wildman–Crippen MR) is 111 cm³/mol. The second kappa shape index (κ2) is 7.05. The molecule has 1 aromatic carbocycles. The van der Waals surface area contributed by atoms with E-state index < -0.39 is 0 Å². The van der Waals surface area contributed by atoms with Crippen LogP contribution in [0, 0.1) is 6.92 Å². The topological polar surface area (TPSA) is 98.7 Å². The standard InChI is InChI=1S/C22H22N6O2/c1-4-18-25-20(27-30-18)14-5-7-15-13(10-14)6-8-17(15)24-22(29)19-16-9-12(2)11-23-21(16)28(3)26-19/h5,7,9-11,17H,4,6,8H2,1-3H3,(H,24,29)/t17-/m1/s1. The molecule has 0 unspecified atom stereocenters. The second-order valence-corrected chi connectivity index (χ2v) is 7.70. The van der Waals surface area contributed by atoms with Gasteiger partial charge in [-0.2, -0.15) is 10.1 Å². The second-order valence-electron chi connectivity index (χ2n) is 7.70. The Morgan fingerprint density at radius 3 is 3.00 bits per heavy atom. The van der Waals surface area contributed by atoms with E-state index in [2.05, 4.69) is 31.6 Å². The predicted octanol–water partition coefficient (Wildman–Crippen LogP) is 3.31. The van der Waals surface area contributed by atoms with Crippen molar-refractivity contribution in [3.8, 4) is 11.4 Å². The van der Waals surface area contributed by atoms with Crippen LogP contribution in [0.2, 0.25) is 0 Å². The molecule has 1 aliphatic carbocycles. The molecule has 5 rings (SSSR count). The molecule has 4 aromatic rings. The molecule has 8 heteroatoms. The largest absolute Gasteiger partial charge is 0.344 e. The summed E-state index contributed by atoms with van der Waals surface area (Å²) in [6.45, 7) is 3.94. The first-order valence-corrected chi connectivity index (χ1v) is 10.1. The van der Waals surface area contributed by atoms with Crippen LogP contribution >= 0.6 is 0 Å². The van der Waals surface area contributed by atoms with Crippen LogP contribution in [-0.4, -0.2) is 30.8 Å². The summed E-state index contributed by atoms with van der Waals surface area (Å²) in [5, 5.41) is 12.4. The number of nitrogens with zero attached hydrogens (tertiary/aromatic N) is 5. The third-order valence-corrected chi connectivity index (χ3v) is 5.58. The van der Waals surface area contributed by atoms with Gasteiger partial charge in [0.05, 0.1) is 11.4 Å². The lowest BCUT2D eigenvalue weighted by molar-refractivity contribution is 0.0932. The molecule has 0 fully saturated rings. The number of nitrogens with one attached hydrogen (secondary N) is 1. The van der Waals surface area contributed by atoms with Gasteiger partial charge in [0.25, 0.3) is 5.91 Å². The van der Waals surface area contributed by atoms with E-state index in [0.717, 1.165) is 34.9 Å². The molecule has 1 atom stereocenters. The minimum Gasteiger partial charge on any atom is -0.344 e. The number of rotatable bonds is 4. The number of aryl methyl sites for hydroxylation is 4. The molecule has 0 aliphatic heterocycles. The average molecular weight is 402 g/mol. The van der Waals surface area contributed by atoms with E-state index in [9.17, 15) is 4.79 Å². The molecule has 3 heterocycles. The minimum atomic E-state index is -0.180. The van der Waals surface area contributed by atoms with E-state index >= 15 is 0 Å². The summed E-state index contributed by atoms with van der Waals surface area (Å²) in [6, 6.07) is 8.03. The molecule has 0 spiro atoms. The van der Waals surface area contributed by atoms with Crippen molar-refractivity contribution in [3.63, 3.8) is 0 Å². The van der Waals surface area contributed by atoms with Crippen molar-refractivity contribution in [3.05, 3.63) is 58.7 Å². The Hall–Kier alpha value is -3.55. The fourth-order valence-corrected chi connectivity index (χ4v) is 4.06. The molecule has 1 amide bonds. The van der Waals surface area contributed by atoms with Gasteiger partial charge >= 0.3 is 0 Å². The number of benzene rings is 1. The molecule has 152 valence electrons. The van der Waals surface area contributed by atoms with Crippen molar-refractivity contribution in [2.45, 2.75) is 39.2 Å². The van der Waals surface area contributed by atoms with E-state index in [1.54, 1.807) is 17.9 Å². The maximum Gasteiger partial charge on any atom is 0.272 e. The van der Waals surface area contributed by atoms with Crippen molar-refractivity contribution in [1.29, 1.82) is 0 Å². The van der Waals surface area contributed by atoms with Crippen LogP contribution in [0.4, 0.5) is 0 Å². The summed E-state index contributed by atoms with van der Waals surface area (Å²) in [4.78, 5) is 21.8. The highest BCUT2D eigenvalue weighted by Crippen LogP contribution is 2.34. The molecule has 8 nitrogen and oxygen atoms in total. The lowest BCUT2D eigenvalue weighted by Crippen LogP contribution is -2.27. The van der Waals surface area contributed by atoms with Crippen molar-refractivity contribution >= 4 is 16.9 Å². The van der Waals surface area contributed by atoms with Crippen molar-refractivity contribution in [1.82, 2.24) is 30.2 Å². The molecule has 30 heavy (non-hydrogen) atoms. The third-order valence-electron chi connectivity index (χ3n) is 5.58. The van der Waals surface area contributed by atoms with Crippen LogP contribution in [0.1, 0.15) is 52.5 Å². The van der Waals surface area contributed by atoms with Gasteiger partial charge in [0.2, 0.25) is 11.7 Å². The highest BCUT2D eigenvalue weighted by Gasteiger charge is 2.27. The van der Waals surface area contributed by atoms with Crippen LogP contribution in [0.15, 0.2) is 35.0 Å². The summed E-state index contributed by atoms with van der Waals surface area (Å²) < 4.78 is 6.87. The van der Waals surface area contributed by atoms with Crippen LogP contribution in [-0.2, 0) is 19.9 Å². The van der Waals surface area contributed by atoms with E-state index in [1.165, 1.54) is 5.56 Å². The highest BCUT2D eigenvalue weighted by molar-refractivity contribution is 6.04. The fraction of sp³-hybridized carbons (Fsp3) is 0.318. The molecule has 0 saturated heterocycles. The van der Waals surface area contributed by atoms with Gasteiger partial charge in [-0.3, -0.25) is 4.79 Å². The fourth-order valence-electron chi connectivity index (χ4n) is 4.06. The lowest BCUT2D eigenvalue weighted by atomic mass is 10.0. The smallest absolute Gasteiger partial charge is 0.272 e. The molecule has 1 aliphatic rings. The summed E-state index contributed by atoms with van der Waals surface area (Å²) >= 11 is 0. The number of aromatic nitrogens is 5. The SMILES string of the molecule is CCc1nc(-c2ccc3c(c2)CC[C@H]3NC(=O)c2nn(C)c3ncc(C)cc23)no1. The maximum atomic E-state index is 13.0. The molecular formula is C22H22N6O2. The van der Waals surface area contributed by atoms with Crippen molar-refractivity contribution < 1.29 is 9.32 Å². The average Bonchev–Trinajstić information content (AvgIpc) is 3.45. The number of hydrogen-bond donors (Lipinski definition) is 1. The van der Waals surface area contributed by atoms with Crippen LogP contribution < -0.4 is 5.32 Å². The van der Waals surface area contributed by atoms with Gasteiger partial charge in [0.1, 0.15) is 0 Å². The molecule has 1 N–H and O–H groups in total. The first-order valence-electron chi connectivity index (χ1n) is 10.1. The summed E-state index contributed by atoms with van der Waals surface area (Å²) in [7, 11) is 1.80. The molecule has 0 saturated carbocycles. The van der Waals surface area contributed by atoms with Crippen molar-refractivity contribution in [2.24, 2.45) is 7.05 Å². The zero-order chi connectivity index (χ0) is 20.8. The molecule has 0 radical (unpaired) electrons. The van der Waals surface area contributed by atoms with Crippen molar-refractivity contribution in [2.75, 3.05) is 0 Å². The summed E-state index contributed by atoms with van der Waals surface area (Å²) in [5.74, 6) is 1.05. The Morgan fingerprint density at radius 2 is 2.20 bits per heavy atom. The maximum absolute atomic E-state index is 13.0. The Balaban J connectivity index is 1.40. The van der Waals surface area contributed by atoms with Crippen LogP contribution in [0.3, 0.4) is 0 Å². The van der Waals surface area contributed by atoms with Gasteiger partial charge in [-0.15, -0.1) is 0 Å². The van der Waals surface area contributed by atoms with E-state index in [-0.39, 0.29) is 11.9 Å². The van der Waals surface area contributed by atoms with E-state index in [1.807, 2.05) is 32.0 Å². The van der Waals surface area contributed by atoms with Gasteiger partial charge in [-0.25, -0.2) is 9.67 Å². The summed E-state index contributed by atoms with van der Waals surface area (Å²) in [6.07, 6.45) is 4.22. The molecular weight excluding hydrogens is 380 g/mol. The number of fused-ring (bicyclic) bond motifs is 2. The Morgan fingerprint density at radius 1 is 1.33 bits per heavy atom. The van der Waals surface area contributed by atoms with Crippen LogP contribution in [0.5, 0.6) is 0 Å². The first kappa shape index (κ1) is 18.5. The van der Waals surface area contributed by atoms with Gasteiger partial charge in [-0.05, 0) is 48.6 Å². The quantitative estimate of drug-likeness (QED) is 0.562. The number of hydrogen-bond acceptors (Lipinski definition) is 6. The molecule has 3 aromatic heterocycles. The minimum absolute atomic E-state index is 0.0483. The zero-order valence-electron chi connectivity index (χ0n) is 17.1. The van der Waals surface area contributed by atoms with E-state index in [0.29, 0.717) is 29.5 Å². The van der Waals surface area contributed by atoms with Crippen LogP contribution in [0.25, 0.3) is 22.4 Å². The highest BCUT2D eigenvalue weighted by atomic mass is 16.5. The van der Waals surface area contributed by atoms with Gasteiger partial charge in [-0.1, -0.05) is 24.2 Å². The Bertz CT molecular complexity index is 1270. The monoisotopic (exact) mass is 402 g/mol. The number of amides is 1. The Labute approximate surface area is 173 Å². The molecule has 0 bridgehead atoms. The lowest BCUT2D eigenvalue weighted by Gasteiger charge is -2.13. The van der Waals surface area contributed by atoms with E-state index in [4.69, 9.17) is 4.52 Å². The van der Waals surface area contributed by atoms with Gasteiger partial charge in [0, 0.05) is 25.2 Å². The summed E-state index contributed by atoms with van der Waals surface area (Å²) in [5.41, 5.74) is 5.36. The number of pyridine rings is 1.